The number of sulfone groups is 1. The van der Waals surface area contributed by atoms with Crippen LogP contribution in [0.1, 0.15) is 22.3 Å². The Morgan fingerprint density at radius 3 is 2.70 bits per heavy atom. The van der Waals surface area contributed by atoms with Crippen LogP contribution in [0.15, 0.2) is 12.1 Å². The lowest BCUT2D eigenvalue weighted by atomic mass is 10.1. The van der Waals surface area contributed by atoms with Gasteiger partial charge in [0, 0.05) is 11.6 Å². The van der Waals surface area contributed by atoms with Crippen LogP contribution >= 0.6 is 11.6 Å². The van der Waals surface area contributed by atoms with Gasteiger partial charge >= 0.3 is 0 Å². The van der Waals surface area contributed by atoms with E-state index in [1.807, 2.05) is 0 Å². The lowest BCUT2D eigenvalue weighted by Gasteiger charge is -2.14. The molecule has 1 heterocycles. The fourth-order valence-corrected chi connectivity index (χ4v) is 4.14. The predicted molar refractivity (Wildman–Crippen MR) is 77.3 cm³/mol. The Kier molecular flexibility index (Phi) is 4.25. The van der Waals surface area contributed by atoms with Crippen LogP contribution in [0.4, 0.5) is 0 Å². The molecule has 0 bridgehead atoms. The van der Waals surface area contributed by atoms with Gasteiger partial charge in [0.15, 0.2) is 9.84 Å². The zero-order valence-electron chi connectivity index (χ0n) is 11.3. The minimum atomic E-state index is -3.01. The van der Waals surface area contributed by atoms with Crippen molar-refractivity contribution >= 4 is 27.3 Å². The topological polar surface area (TPSA) is 72.5 Å². The molecule has 1 aromatic rings. The summed E-state index contributed by atoms with van der Waals surface area (Å²) in [5.74, 6) is 0.320. The average Bonchev–Trinajstić information content (AvgIpc) is 2.70. The van der Waals surface area contributed by atoms with Crippen LogP contribution in [-0.2, 0) is 9.84 Å². The van der Waals surface area contributed by atoms with Crippen LogP contribution in [0.25, 0.3) is 0 Å². The van der Waals surface area contributed by atoms with Gasteiger partial charge in [-0.25, -0.2) is 8.42 Å². The van der Waals surface area contributed by atoms with Crippen molar-refractivity contribution in [2.45, 2.75) is 19.4 Å². The summed E-state index contributed by atoms with van der Waals surface area (Å²) in [5.41, 5.74) is 1.16. The second-order valence-corrected chi connectivity index (χ2v) is 7.51. The van der Waals surface area contributed by atoms with Crippen molar-refractivity contribution in [3.63, 3.8) is 0 Å². The average molecular weight is 318 g/mol. The molecule has 0 aromatic heterocycles. The van der Waals surface area contributed by atoms with E-state index in [0.717, 1.165) is 5.56 Å². The first-order valence-corrected chi connectivity index (χ1v) is 8.38. The zero-order chi connectivity index (χ0) is 14.9. The SMILES string of the molecule is COc1cc(C)c(C(=O)NC2CCS(=O)(=O)C2)cc1Cl. The second-order valence-electron chi connectivity index (χ2n) is 4.88. The lowest BCUT2D eigenvalue weighted by Crippen LogP contribution is -2.35. The van der Waals surface area contributed by atoms with E-state index in [1.165, 1.54) is 13.2 Å². The van der Waals surface area contributed by atoms with E-state index in [-0.39, 0.29) is 23.5 Å². The molecule has 20 heavy (non-hydrogen) atoms. The summed E-state index contributed by atoms with van der Waals surface area (Å²) in [4.78, 5) is 12.2. The molecule has 1 saturated heterocycles. The summed E-state index contributed by atoms with van der Waals surface area (Å²) in [7, 11) is -1.51. The van der Waals surface area contributed by atoms with Crippen molar-refractivity contribution in [1.29, 1.82) is 0 Å². The first-order chi connectivity index (χ1) is 9.32. The van der Waals surface area contributed by atoms with Crippen LogP contribution in [0.2, 0.25) is 5.02 Å². The molecule has 0 saturated carbocycles. The Morgan fingerprint density at radius 1 is 1.45 bits per heavy atom. The van der Waals surface area contributed by atoms with Gasteiger partial charge in [-0.3, -0.25) is 4.79 Å². The largest absolute Gasteiger partial charge is 0.495 e. The number of hydrogen-bond acceptors (Lipinski definition) is 4. The summed E-state index contributed by atoms with van der Waals surface area (Å²) in [6.45, 7) is 1.78. The van der Waals surface area contributed by atoms with Gasteiger partial charge in [-0.15, -0.1) is 0 Å². The summed E-state index contributed by atoms with van der Waals surface area (Å²) in [6.07, 6.45) is 0.455. The summed E-state index contributed by atoms with van der Waals surface area (Å²) in [6, 6.07) is 2.89. The van der Waals surface area contributed by atoms with Crippen LogP contribution in [-0.4, -0.2) is 39.0 Å². The molecule has 0 aliphatic carbocycles. The second kappa shape index (κ2) is 5.61. The number of carbonyl (C=O) groups excluding carboxylic acids is 1. The highest BCUT2D eigenvalue weighted by Gasteiger charge is 2.29. The smallest absolute Gasteiger partial charge is 0.251 e. The van der Waals surface area contributed by atoms with E-state index in [2.05, 4.69) is 5.32 Å². The minimum Gasteiger partial charge on any atom is -0.495 e. The number of ether oxygens (including phenoxy) is 1. The molecular formula is C13H16ClNO4S. The molecule has 0 spiro atoms. The van der Waals surface area contributed by atoms with E-state index in [4.69, 9.17) is 16.3 Å². The monoisotopic (exact) mass is 317 g/mol. The van der Waals surface area contributed by atoms with Gasteiger partial charge in [-0.1, -0.05) is 11.6 Å². The molecule has 1 fully saturated rings. The molecule has 0 radical (unpaired) electrons. The third-order valence-corrected chi connectivity index (χ3v) is 5.37. The van der Waals surface area contributed by atoms with Crippen LogP contribution in [0, 0.1) is 6.92 Å². The third-order valence-electron chi connectivity index (χ3n) is 3.31. The molecule has 1 aliphatic rings. The number of nitrogens with one attached hydrogen (secondary N) is 1. The van der Waals surface area contributed by atoms with Gasteiger partial charge < -0.3 is 10.1 Å². The molecule has 1 aliphatic heterocycles. The molecule has 110 valence electrons. The lowest BCUT2D eigenvalue weighted by molar-refractivity contribution is 0.0940. The first kappa shape index (κ1) is 15.1. The molecule has 1 amide bonds. The van der Waals surface area contributed by atoms with Gasteiger partial charge in [0.05, 0.1) is 23.6 Å². The third kappa shape index (κ3) is 3.24. The van der Waals surface area contributed by atoms with Crippen molar-refractivity contribution < 1.29 is 17.9 Å². The maximum absolute atomic E-state index is 12.2. The van der Waals surface area contributed by atoms with Gasteiger partial charge in [0.1, 0.15) is 5.75 Å². The van der Waals surface area contributed by atoms with Crippen molar-refractivity contribution in [3.8, 4) is 5.75 Å². The van der Waals surface area contributed by atoms with Gasteiger partial charge in [-0.2, -0.15) is 0 Å². The molecule has 1 aromatic carbocycles. The van der Waals surface area contributed by atoms with Crippen molar-refractivity contribution in [1.82, 2.24) is 5.32 Å². The molecule has 1 unspecified atom stereocenters. The number of hydrogen-bond donors (Lipinski definition) is 1. The van der Waals surface area contributed by atoms with Gasteiger partial charge in [-0.05, 0) is 31.0 Å². The van der Waals surface area contributed by atoms with Crippen LogP contribution in [0.3, 0.4) is 0 Å². The Balaban J connectivity index is 2.16. The molecular weight excluding hydrogens is 302 g/mol. The minimum absolute atomic E-state index is 0.00166. The molecule has 5 nitrogen and oxygen atoms in total. The van der Waals surface area contributed by atoms with E-state index >= 15 is 0 Å². The molecule has 1 N–H and O–H groups in total. The van der Waals surface area contributed by atoms with Crippen molar-refractivity contribution in [3.05, 3.63) is 28.3 Å². The normalized spacial score (nSPS) is 20.6. The van der Waals surface area contributed by atoms with E-state index < -0.39 is 9.84 Å². The number of rotatable bonds is 3. The molecule has 1 atom stereocenters. The quantitative estimate of drug-likeness (QED) is 0.918. The van der Waals surface area contributed by atoms with E-state index in [0.29, 0.717) is 22.8 Å². The Labute approximate surface area is 123 Å². The number of benzene rings is 1. The fourth-order valence-electron chi connectivity index (χ4n) is 2.23. The number of amides is 1. The number of methoxy groups -OCH3 is 1. The summed E-state index contributed by atoms with van der Waals surface area (Å²) >= 11 is 6.01. The van der Waals surface area contributed by atoms with Crippen LogP contribution < -0.4 is 10.1 Å². The van der Waals surface area contributed by atoms with Crippen molar-refractivity contribution in [2.75, 3.05) is 18.6 Å². The van der Waals surface area contributed by atoms with E-state index in [9.17, 15) is 13.2 Å². The summed E-state index contributed by atoms with van der Waals surface area (Å²) < 4.78 is 27.8. The highest BCUT2D eigenvalue weighted by molar-refractivity contribution is 7.91. The van der Waals surface area contributed by atoms with Crippen molar-refractivity contribution in [2.24, 2.45) is 0 Å². The first-order valence-electron chi connectivity index (χ1n) is 6.18. The number of carbonyl (C=O) groups is 1. The van der Waals surface area contributed by atoms with Gasteiger partial charge in [0.2, 0.25) is 0 Å². The van der Waals surface area contributed by atoms with Crippen LogP contribution in [0.5, 0.6) is 5.75 Å². The van der Waals surface area contributed by atoms with Gasteiger partial charge in [0.25, 0.3) is 5.91 Å². The Hall–Kier alpha value is -1.27. The number of aryl methyl sites for hydroxylation is 1. The predicted octanol–water partition coefficient (Wildman–Crippen LogP) is 1.57. The Morgan fingerprint density at radius 2 is 2.15 bits per heavy atom. The zero-order valence-corrected chi connectivity index (χ0v) is 12.8. The highest BCUT2D eigenvalue weighted by atomic mass is 35.5. The summed E-state index contributed by atoms with van der Waals surface area (Å²) in [5, 5.41) is 3.09. The standard InChI is InChI=1S/C13H16ClNO4S/c1-8-5-12(19-2)11(14)6-10(8)13(16)15-9-3-4-20(17,18)7-9/h5-6,9H,3-4,7H2,1-2H3,(H,15,16). The highest BCUT2D eigenvalue weighted by Crippen LogP contribution is 2.28. The fraction of sp³-hybridized carbons (Fsp3) is 0.462. The molecule has 2 rings (SSSR count). The molecule has 7 heteroatoms. The maximum Gasteiger partial charge on any atom is 0.251 e. The maximum atomic E-state index is 12.2. The Bertz CT molecular complexity index is 642. The van der Waals surface area contributed by atoms with E-state index in [1.54, 1.807) is 13.0 Å². The number of halogens is 1.